The van der Waals surface area contributed by atoms with Crippen molar-refractivity contribution >= 4 is 17.6 Å². The molecule has 3 rings (SSSR count). The number of hydrogen-bond donors (Lipinski definition) is 0. The molecular weight excluding hydrogens is 352 g/mol. The molecule has 1 amide bonds. The van der Waals surface area contributed by atoms with Crippen LogP contribution in [-0.2, 0) is 27.3 Å². The summed E-state index contributed by atoms with van der Waals surface area (Å²) in [4.78, 5) is 36.6. The lowest BCUT2D eigenvalue weighted by Gasteiger charge is -2.35. The van der Waals surface area contributed by atoms with Crippen LogP contribution in [0.3, 0.4) is 0 Å². The third kappa shape index (κ3) is 4.05. The maximum atomic E-state index is 12.7. The number of nitro groups is 1. The van der Waals surface area contributed by atoms with E-state index in [9.17, 15) is 19.7 Å². The highest BCUT2D eigenvalue weighted by Crippen LogP contribution is 2.25. The Labute approximate surface area is 155 Å². The summed E-state index contributed by atoms with van der Waals surface area (Å²) in [5.41, 5.74) is 1.83. The summed E-state index contributed by atoms with van der Waals surface area (Å²) >= 11 is 0. The molecule has 0 bridgehead atoms. The molecule has 8 nitrogen and oxygen atoms in total. The van der Waals surface area contributed by atoms with Gasteiger partial charge in [0.2, 0.25) is 0 Å². The topological polar surface area (TPSA) is 99.0 Å². The minimum atomic E-state index is -0.730. The van der Waals surface area contributed by atoms with Gasteiger partial charge in [0.25, 0.3) is 11.6 Å². The van der Waals surface area contributed by atoms with E-state index in [1.807, 2.05) is 24.3 Å². The van der Waals surface area contributed by atoms with E-state index in [0.717, 1.165) is 11.1 Å². The number of carbonyl (C=O) groups is 2. The lowest BCUT2D eigenvalue weighted by molar-refractivity contribution is -0.384. The van der Waals surface area contributed by atoms with Crippen LogP contribution in [0.25, 0.3) is 0 Å². The average molecular weight is 370 g/mol. The zero-order valence-corrected chi connectivity index (χ0v) is 14.7. The van der Waals surface area contributed by atoms with Gasteiger partial charge in [-0.2, -0.15) is 0 Å². The maximum Gasteiger partial charge on any atom is 0.328 e. The number of non-ortho nitro benzene ring substituents is 1. The van der Waals surface area contributed by atoms with Crippen LogP contribution in [0.2, 0.25) is 0 Å². The number of fused-ring (bicyclic) bond motifs is 1. The van der Waals surface area contributed by atoms with Gasteiger partial charge in [0.15, 0.2) is 6.61 Å². The molecular formula is C19H18N2O6. The molecule has 8 heteroatoms. The van der Waals surface area contributed by atoms with E-state index in [4.69, 9.17) is 9.47 Å². The van der Waals surface area contributed by atoms with E-state index in [-0.39, 0.29) is 24.6 Å². The van der Waals surface area contributed by atoms with Gasteiger partial charge in [0.1, 0.15) is 11.8 Å². The van der Waals surface area contributed by atoms with E-state index in [2.05, 4.69) is 0 Å². The first-order valence-electron chi connectivity index (χ1n) is 8.31. The standard InChI is InChI=1S/C19H18N2O6/c1-26-19(23)17-9-13-5-2-3-6-14(13)11-20(17)18(22)12-27-16-8-4-7-15(10-16)21(24)25/h2-8,10,17H,9,11-12H2,1H3/t17-/m0/s1. The molecule has 0 aliphatic carbocycles. The zero-order valence-electron chi connectivity index (χ0n) is 14.7. The van der Waals surface area contributed by atoms with Gasteiger partial charge < -0.3 is 14.4 Å². The Balaban J connectivity index is 1.74. The second kappa shape index (κ2) is 7.86. The number of benzene rings is 2. The number of carbonyl (C=O) groups excluding carboxylic acids is 2. The van der Waals surface area contributed by atoms with E-state index < -0.39 is 22.8 Å². The summed E-state index contributed by atoms with van der Waals surface area (Å²) in [6, 6.07) is 12.5. The molecule has 27 heavy (non-hydrogen) atoms. The van der Waals surface area contributed by atoms with Crippen molar-refractivity contribution in [1.82, 2.24) is 4.90 Å². The number of esters is 1. The number of rotatable bonds is 5. The first kappa shape index (κ1) is 18.4. The average Bonchev–Trinajstić information content (AvgIpc) is 2.70. The SMILES string of the molecule is COC(=O)[C@@H]1Cc2ccccc2CN1C(=O)COc1cccc([N+](=O)[O-])c1. The van der Waals surface area contributed by atoms with Gasteiger partial charge >= 0.3 is 5.97 Å². The number of nitrogens with zero attached hydrogens (tertiary/aromatic N) is 2. The Bertz CT molecular complexity index is 882. The molecule has 0 saturated heterocycles. The molecule has 0 aromatic heterocycles. The van der Waals surface area contributed by atoms with Crippen molar-refractivity contribution in [3.63, 3.8) is 0 Å². The Morgan fingerprint density at radius 2 is 1.93 bits per heavy atom. The lowest BCUT2D eigenvalue weighted by atomic mass is 9.94. The molecule has 1 atom stereocenters. The summed E-state index contributed by atoms with van der Waals surface area (Å²) in [5.74, 6) is -0.677. The monoisotopic (exact) mass is 370 g/mol. The van der Waals surface area contributed by atoms with Crippen LogP contribution in [0, 0.1) is 10.1 Å². The molecule has 2 aromatic rings. The van der Waals surface area contributed by atoms with Gasteiger partial charge in [0, 0.05) is 19.0 Å². The van der Waals surface area contributed by atoms with Crippen molar-refractivity contribution in [1.29, 1.82) is 0 Å². The number of nitro benzene ring substituents is 1. The minimum Gasteiger partial charge on any atom is -0.484 e. The van der Waals surface area contributed by atoms with Crippen molar-refractivity contribution in [2.45, 2.75) is 19.0 Å². The summed E-state index contributed by atoms with van der Waals surface area (Å²) in [6.45, 7) is -0.0656. The Morgan fingerprint density at radius 3 is 2.63 bits per heavy atom. The van der Waals surface area contributed by atoms with Crippen molar-refractivity contribution in [3.8, 4) is 5.75 Å². The summed E-state index contributed by atoms with van der Waals surface area (Å²) in [5, 5.41) is 10.8. The Kier molecular flexibility index (Phi) is 5.35. The third-order valence-corrected chi connectivity index (χ3v) is 4.43. The highest BCUT2D eigenvalue weighted by Gasteiger charge is 2.35. The summed E-state index contributed by atoms with van der Waals surface area (Å²) in [6.07, 6.45) is 0.366. The lowest BCUT2D eigenvalue weighted by Crippen LogP contribution is -2.50. The van der Waals surface area contributed by atoms with E-state index in [0.29, 0.717) is 6.42 Å². The first-order chi connectivity index (χ1) is 13.0. The van der Waals surface area contributed by atoms with Gasteiger partial charge in [-0.1, -0.05) is 30.3 Å². The number of hydrogen-bond acceptors (Lipinski definition) is 6. The van der Waals surface area contributed by atoms with Gasteiger partial charge in [-0.05, 0) is 17.2 Å². The van der Waals surface area contributed by atoms with Gasteiger partial charge in [-0.15, -0.1) is 0 Å². The highest BCUT2D eigenvalue weighted by atomic mass is 16.6. The molecule has 0 saturated carbocycles. The van der Waals surface area contributed by atoms with Crippen LogP contribution in [-0.4, -0.2) is 41.5 Å². The largest absolute Gasteiger partial charge is 0.484 e. The second-order valence-corrected chi connectivity index (χ2v) is 6.08. The second-order valence-electron chi connectivity index (χ2n) is 6.08. The number of ether oxygens (including phenoxy) is 2. The summed E-state index contributed by atoms with van der Waals surface area (Å²) in [7, 11) is 1.28. The normalized spacial score (nSPS) is 15.6. The summed E-state index contributed by atoms with van der Waals surface area (Å²) < 4.78 is 10.3. The maximum absolute atomic E-state index is 12.7. The van der Waals surface area contributed by atoms with E-state index >= 15 is 0 Å². The molecule has 0 unspecified atom stereocenters. The third-order valence-electron chi connectivity index (χ3n) is 4.43. The van der Waals surface area contributed by atoms with Crippen molar-refractivity contribution < 1.29 is 24.0 Å². The molecule has 0 spiro atoms. The molecule has 2 aromatic carbocycles. The Morgan fingerprint density at radius 1 is 1.19 bits per heavy atom. The van der Waals surface area contributed by atoms with Crippen molar-refractivity contribution in [3.05, 3.63) is 69.8 Å². The van der Waals surface area contributed by atoms with Crippen LogP contribution in [0.4, 0.5) is 5.69 Å². The van der Waals surface area contributed by atoms with Gasteiger partial charge in [-0.3, -0.25) is 14.9 Å². The van der Waals surface area contributed by atoms with E-state index in [1.165, 1.54) is 36.3 Å². The van der Waals surface area contributed by atoms with Gasteiger partial charge in [0.05, 0.1) is 18.1 Å². The predicted octanol–water partition coefficient (Wildman–Crippen LogP) is 2.10. The fraction of sp³-hybridized carbons (Fsp3) is 0.263. The quantitative estimate of drug-likeness (QED) is 0.454. The molecule has 1 aliphatic heterocycles. The van der Waals surface area contributed by atoms with Crippen LogP contribution < -0.4 is 4.74 Å². The highest BCUT2D eigenvalue weighted by molar-refractivity contribution is 5.86. The van der Waals surface area contributed by atoms with Crippen LogP contribution >= 0.6 is 0 Å². The Hall–Kier alpha value is -3.42. The van der Waals surface area contributed by atoms with E-state index in [1.54, 1.807) is 0 Å². The first-order valence-corrected chi connectivity index (χ1v) is 8.31. The molecule has 1 aliphatic rings. The van der Waals surface area contributed by atoms with Crippen molar-refractivity contribution in [2.24, 2.45) is 0 Å². The molecule has 0 fully saturated rings. The fourth-order valence-corrected chi connectivity index (χ4v) is 3.05. The van der Waals surface area contributed by atoms with Crippen LogP contribution in [0.15, 0.2) is 48.5 Å². The number of amides is 1. The van der Waals surface area contributed by atoms with Crippen LogP contribution in [0.5, 0.6) is 5.75 Å². The smallest absolute Gasteiger partial charge is 0.328 e. The predicted molar refractivity (Wildman–Crippen MR) is 95.1 cm³/mol. The molecule has 1 heterocycles. The van der Waals surface area contributed by atoms with Crippen LogP contribution in [0.1, 0.15) is 11.1 Å². The molecule has 140 valence electrons. The zero-order chi connectivity index (χ0) is 19.4. The van der Waals surface area contributed by atoms with Gasteiger partial charge in [-0.25, -0.2) is 4.79 Å². The molecule has 0 radical (unpaired) electrons. The fourth-order valence-electron chi connectivity index (χ4n) is 3.05. The van der Waals surface area contributed by atoms with Crippen molar-refractivity contribution in [2.75, 3.05) is 13.7 Å². The molecule has 0 N–H and O–H groups in total. The number of methoxy groups -OCH3 is 1. The minimum absolute atomic E-state index is 0.126.